The highest BCUT2D eigenvalue weighted by Gasteiger charge is 2.24. The van der Waals surface area contributed by atoms with Crippen molar-refractivity contribution in [2.45, 2.75) is 33.0 Å². The second-order valence-electron chi connectivity index (χ2n) is 6.46. The summed E-state index contributed by atoms with van der Waals surface area (Å²) in [5, 5.41) is 5.49. The first-order valence-electron chi connectivity index (χ1n) is 8.88. The molecule has 6 heteroatoms. The number of amides is 2. The first-order chi connectivity index (χ1) is 13.0. The van der Waals surface area contributed by atoms with Crippen molar-refractivity contribution in [1.29, 1.82) is 0 Å². The standard InChI is InChI=1S/C21H26N2O4/c1-15(2)19(23-21(25)27-14-16-9-5-4-6-10-16)20(24)22-13-17-11-7-8-12-18(17)26-3/h4-12,15,19H,13-14H2,1-3H3,(H,22,24)(H,23,25)/t19-/m0/s1. The third kappa shape index (κ3) is 6.33. The van der Waals surface area contributed by atoms with Gasteiger partial charge in [0.05, 0.1) is 7.11 Å². The summed E-state index contributed by atoms with van der Waals surface area (Å²) in [5.74, 6) is 0.341. The largest absolute Gasteiger partial charge is 0.496 e. The lowest BCUT2D eigenvalue weighted by Crippen LogP contribution is -2.49. The first-order valence-corrected chi connectivity index (χ1v) is 8.88. The Morgan fingerprint density at radius 3 is 2.33 bits per heavy atom. The van der Waals surface area contributed by atoms with Gasteiger partial charge in [-0.3, -0.25) is 4.79 Å². The van der Waals surface area contributed by atoms with E-state index in [4.69, 9.17) is 9.47 Å². The second kappa shape index (κ2) is 10.2. The number of nitrogens with one attached hydrogen (secondary N) is 2. The maximum absolute atomic E-state index is 12.5. The van der Waals surface area contributed by atoms with E-state index in [0.29, 0.717) is 12.3 Å². The minimum Gasteiger partial charge on any atom is -0.496 e. The number of benzene rings is 2. The van der Waals surface area contributed by atoms with E-state index in [1.165, 1.54) is 0 Å². The molecule has 0 radical (unpaired) electrons. The molecule has 0 spiro atoms. The lowest BCUT2D eigenvalue weighted by atomic mass is 10.0. The summed E-state index contributed by atoms with van der Waals surface area (Å²) < 4.78 is 10.5. The number of methoxy groups -OCH3 is 1. The monoisotopic (exact) mass is 370 g/mol. The number of rotatable bonds is 8. The van der Waals surface area contributed by atoms with Gasteiger partial charge in [-0.1, -0.05) is 62.4 Å². The fourth-order valence-corrected chi connectivity index (χ4v) is 2.57. The Bertz CT molecular complexity index is 747. The van der Waals surface area contributed by atoms with Crippen LogP contribution in [0.5, 0.6) is 5.75 Å². The Labute approximate surface area is 159 Å². The maximum atomic E-state index is 12.5. The fourth-order valence-electron chi connectivity index (χ4n) is 2.57. The average Bonchev–Trinajstić information content (AvgIpc) is 2.69. The van der Waals surface area contributed by atoms with Crippen LogP contribution in [0, 0.1) is 5.92 Å². The van der Waals surface area contributed by atoms with E-state index < -0.39 is 12.1 Å². The predicted octanol–water partition coefficient (Wildman–Crippen LogP) is 3.26. The van der Waals surface area contributed by atoms with Crippen molar-refractivity contribution in [3.8, 4) is 5.75 Å². The maximum Gasteiger partial charge on any atom is 0.408 e. The van der Waals surface area contributed by atoms with Crippen LogP contribution < -0.4 is 15.4 Å². The van der Waals surface area contributed by atoms with Crippen LogP contribution in [0.15, 0.2) is 54.6 Å². The SMILES string of the molecule is COc1ccccc1CNC(=O)[C@@H](NC(=O)OCc1ccccc1)C(C)C. The molecule has 0 unspecified atom stereocenters. The van der Waals surface area contributed by atoms with Gasteiger partial charge in [0.2, 0.25) is 5.91 Å². The normalized spacial score (nSPS) is 11.6. The van der Waals surface area contributed by atoms with E-state index in [0.717, 1.165) is 11.1 Å². The molecule has 0 aliphatic rings. The molecule has 2 aromatic rings. The van der Waals surface area contributed by atoms with Crippen LogP contribution in [-0.2, 0) is 22.7 Å². The molecule has 0 fully saturated rings. The van der Waals surface area contributed by atoms with E-state index in [1.54, 1.807) is 7.11 Å². The second-order valence-corrected chi connectivity index (χ2v) is 6.46. The van der Waals surface area contributed by atoms with Crippen LogP contribution in [0.1, 0.15) is 25.0 Å². The fraction of sp³-hybridized carbons (Fsp3) is 0.333. The van der Waals surface area contributed by atoms with Gasteiger partial charge in [0.25, 0.3) is 0 Å². The topological polar surface area (TPSA) is 76.7 Å². The Morgan fingerprint density at radius 2 is 1.67 bits per heavy atom. The smallest absolute Gasteiger partial charge is 0.408 e. The number of hydrogen-bond acceptors (Lipinski definition) is 4. The lowest BCUT2D eigenvalue weighted by Gasteiger charge is -2.21. The highest BCUT2D eigenvalue weighted by molar-refractivity contribution is 5.85. The van der Waals surface area contributed by atoms with Crippen LogP contribution in [0.4, 0.5) is 4.79 Å². The Morgan fingerprint density at radius 1 is 1.00 bits per heavy atom. The molecule has 0 saturated heterocycles. The molecule has 0 aromatic heterocycles. The van der Waals surface area contributed by atoms with Crippen LogP contribution in [0.2, 0.25) is 0 Å². The zero-order valence-electron chi connectivity index (χ0n) is 15.9. The predicted molar refractivity (Wildman–Crippen MR) is 103 cm³/mol. The van der Waals surface area contributed by atoms with Gasteiger partial charge in [-0.05, 0) is 17.5 Å². The summed E-state index contributed by atoms with van der Waals surface area (Å²) in [7, 11) is 1.59. The molecule has 0 saturated carbocycles. The Balaban J connectivity index is 1.89. The number of hydrogen-bond donors (Lipinski definition) is 2. The third-order valence-electron chi connectivity index (χ3n) is 4.08. The molecule has 0 heterocycles. The number of carbonyl (C=O) groups excluding carboxylic acids is 2. The summed E-state index contributed by atoms with van der Waals surface area (Å²) >= 11 is 0. The van der Waals surface area contributed by atoms with E-state index in [9.17, 15) is 9.59 Å². The van der Waals surface area contributed by atoms with Gasteiger partial charge >= 0.3 is 6.09 Å². The first kappa shape index (κ1) is 20.3. The molecule has 2 aromatic carbocycles. The van der Waals surface area contributed by atoms with E-state index in [1.807, 2.05) is 68.4 Å². The van der Waals surface area contributed by atoms with Crippen LogP contribution in [0.25, 0.3) is 0 Å². The van der Waals surface area contributed by atoms with Crippen molar-refractivity contribution in [2.75, 3.05) is 7.11 Å². The number of ether oxygens (including phenoxy) is 2. The van der Waals surface area contributed by atoms with Crippen LogP contribution in [0.3, 0.4) is 0 Å². The van der Waals surface area contributed by atoms with Gasteiger partial charge in [0.1, 0.15) is 18.4 Å². The summed E-state index contributed by atoms with van der Waals surface area (Å²) in [6.45, 7) is 4.20. The molecule has 27 heavy (non-hydrogen) atoms. The highest BCUT2D eigenvalue weighted by Crippen LogP contribution is 2.17. The number of carbonyl (C=O) groups is 2. The van der Waals surface area contributed by atoms with Gasteiger partial charge in [0.15, 0.2) is 0 Å². The van der Waals surface area contributed by atoms with Gasteiger partial charge < -0.3 is 20.1 Å². The molecule has 2 rings (SSSR count). The van der Waals surface area contributed by atoms with Gasteiger partial charge in [0, 0.05) is 12.1 Å². The van der Waals surface area contributed by atoms with Crippen molar-refractivity contribution in [2.24, 2.45) is 5.92 Å². The summed E-state index contributed by atoms with van der Waals surface area (Å²) in [6.07, 6.45) is -0.620. The Kier molecular flexibility index (Phi) is 7.67. The summed E-state index contributed by atoms with van der Waals surface area (Å²) in [6, 6.07) is 16.1. The van der Waals surface area contributed by atoms with Gasteiger partial charge in [-0.15, -0.1) is 0 Å². The molecule has 144 valence electrons. The van der Waals surface area contributed by atoms with E-state index in [-0.39, 0.29) is 18.4 Å². The van der Waals surface area contributed by atoms with Gasteiger partial charge in [-0.2, -0.15) is 0 Å². The van der Waals surface area contributed by atoms with Crippen molar-refractivity contribution < 1.29 is 19.1 Å². The van der Waals surface area contributed by atoms with Crippen molar-refractivity contribution in [3.63, 3.8) is 0 Å². The molecular formula is C21H26N2O4. The van der Waals surface area contributed by atoms with Crippen LogP contribution >= 0.6 is 0 Å². The molecule has 0 aliphatic heterocycles. The third-order valence-corrected chi connectivity index (χ3v) is 4.08. The lowest BCUT2D eigenvalue weighted by molar-refractivity contribution is -0.124. The van der Waals surface area contributed by atoms with E-state index in [2.05, 4.69) is 10.6 Å². The number of alkyl carbamates (subject to hydrolysis) is 1. The average molecular weight is 370 g/mol. The van der Waals surface area contributed by atoms with Crippen molar-refractivity contribution in [1.82, 2.24) is 10.6 Å². The minimum atomic E-state index is -0.692. The van der Waals surface area contributed by atoms with E-state index >= 15 is 0 Å². The molecule has 1 atom stereocenters. The van der Waals surface area contributed by atoms with Crippen LogP contribution in [-0.4, -0.2) is 25.2 Å². The molecule has 0 aliphatic carbocycles. The van der Waals surface area contributed by atoms with Crippen molar-refractivity contribution in [3.05, 3.63) is 65.7 Å². The summed E-state index contributed by atoms with van der Waals surface area (Å²) in [5.41, 5.74) is 1.75. The molecule has 6 nitrogen and oxygen atoms in total. The Hall–Kier alpha value is -3.02. The minimum absolute atomic E-state index is 0.0908. The number of para-hydroxylation sites is 1. The zero-order chi connectivity index (χ0) is 19.6. The van der Waals surface area contributed by atoms with Gasteiger partial charge in [-0.25, -0.2) is 4.79 Å². The van der Waals surface area contributed by atoms with Crippen molar-refractivity contribution >= 4 is 12.0 Å². The molecule has 2 amide bonds. The zero-order valence-corrected chi connectivity index (χ0v) is 15.9. The quantitative estimate of drug-likeness (QED) is 0.748. The highest BCUT2D eigenvalue weighted by atomic mass is 16.5. The molecular weight excluding hydrogens is 344 g/mol. The molecule has 2 N–H and O–H groups in total. The molecule has 0 bridgehead atoms. The summed E-state index contributed by atoms with van der Waals surface area (Å²) in [4.78, 5) is 24.6.